The Morgan fingerprint density at radius 3 is 2.80 bits per heavy atom. The van der Waals surface area contributed by atoms with Gasteiger partial charge in [0.1, 0.15) is 12.4 Å². The molecule has 1 aromatic rings. The normalized spacial score (nSPS) is 15.9. The maximum Gasteiger partial charge on any atom is 0.225 e. The molecule has 1 heterocycles. The van der Waals surface area contributed by atoms with Crippen LogP contribution in [0.5, 0.6) is 5.75 Å². The zero-order valence-electron chi connectivity index (χ0n) is 11.8. The molecule has 2 rings (SSSR count). The molecule has 4 nitrogen and oxygen atoms in total. The first-order valence-electron chi connectivity index (χ1n) is 7.01. The molecule has 1 N–H and O–H groups in total. The summed E-state index contributed by atoms with van der Waals surface area (Å²) in [7, 11) is 1.83. The zero-order chi connectivity index (χ0) is 14.4. The molecular weight excluding hydrogens is 276 g/mol. The number of halogens is 1. The Hall–Kier alpha value is -1.26. The first-order chi connectivity index (χ1) is 9.68. The number of nitrogens with one attached hydrogen (secondary N) is 1. The molecule has 20 heavy (non-hydrogen) atoms. The minimum absolute atomic E-state index is 0.154. The number of rotatable bonds is 5. The van der Waals surface area contributed by atoms with Crippen LogP contribution in [0.3, 0.4) is 0 Å². The average molecular weight is 297 g/mol. The van der Waals surface area contributed by atoms with Gasteiger partial charge in [0, 0.05) is 13.0 Å². The Morgan fingerprint density at radius 2 is 2.10 bits per heavy atom. The van der Waals surface area contributed by atoms with E-state index < -0.39 is 0 Å². The van der Waals surface area contributed by atoms with Crippen molar-refractivity contribution < 1.29 is 9.53 Å². The molecule has 1 aromatic carbocycles. The number of piperidine rings is 1. The quantitative estimate of drug-likeness (QED) is 0.905. The third kappa shape index (κ3) is 4.12. The maximum absolute atomic E-state index is 12.2. The van der Waals surface area contributed by atoms with Gasteiger partial charge in [-0.2, -0.15) is 0 Å². The molecule has 0 bridgehead atoms. The lowest BCUT2D eigenvalue weighted by atomic mass is 9.97. The number of likely N-dealkylation sites (N-methyl/N-ethyl adjacent to an activating group) is 1. The number of ether oxygens (including phenoxy) is 1. The van der Waals surface area contributed by atoms with Gasteiger partial charge >= 0.3 is 0 Å². The molecule has 1 saturated heterocycles. The Bertz CT molecular complexity index is 447. The highest BCUT2D eigenvalue weighted by atomic mass is 35.5. The summed E-state index contributed by atoms with van der Waals surface area (Å²) in [4.78, 5) is 14.0. The number of amides is 1. The summed E-state index contributed by atoms with van der Waals surface area (Å²) in [6, 6.07) is 7.37. The lowest BCUT2D eigenvalue weighted by molar-refractivity contribution is -0.135. The van der Waals surface area contributed by atoms with Crippen LogP contribution in [0.4, 0.5) is 0 Å². The molecule has 0 radical (unpaired) electrons. The highest BCUT2D eigenvalue weighted by Crippen LogP contribution is 2.23. The number of carbonyl (C=O) groups is 1. The number of nitrogens with zero attached hydrogens (tertiary/aromatic N) is 1. The van der Waals surface area contributed by atoms with Crippen LogP contribution in [0, 0.1) is 5.92 Å². The van der Waals surface area contributed by atoms with E-state index in [1.807, 2.05) is 25.2 Å². The molecule has 0 aromatic heterocycles. The predicted molar refractivity (Wildman–Crippen MR) is 80.2 cm³/mol. The summed E-state index contributed by atoms with van der Waals surface area (Å²) >= 11 is 6.01. The molecule has 0 atom stereocenters. The van der Waals surface area contributed by atoms with E-state index in [0.29, 0.717) is 23.9 Å². The van der Waals surface area contributed by atoms with Crippen molar-refractivity contribution in [1.82, 2.24) is 10.2 Å². The van der Waals surface area contributed by atoms with Crippen molar-refractivity contribution in [3.63, 3.8) is 0 Å². The van der Waals surface area contributed by atoms with Crippen LogP contribution in [0.15, 0.2) is 24.3 Å². The van der Waals surface area contributed by atoms with E-state index in [4.69, 9.17) is 16.3 Å². The summed E-state index contributed by atoms with van der Waals surface area (Å²) in [6.45, 7) is 2.89. The topological polar surface area (TPSA) is 41.6 Å². The Balaban J connectivity index is 1.75. The summed E-state index contributed by atoms with van der Waals surface area (Å²) in [5, 5.41) is 3.87. The van der Waals surface area contributed by atoms with E-state index in [1.54, 1.807) is 11.0 Å². The second-order valence-corrected chi connectivity index (χ2v) is 5.47. The molecule has 110 valence electrons. The van der Waals surface area contributed by atoms with Crippen molar-refractivity contribution in [2.45, 2.75) is 12.8 Å². The van der Waals surface area contributed by atoms with Crippen LogP contribution in [0.25, 0.3) is 0 Å². The Labute approximate surface area is 125 Å². The van der Waals surface area contributed by atoms with Gasteiger partial charge < -0.3 is 15.0 Å². The highest BCUT2D eigenvalue weighted by Gasteiger charge is 2.23. The van der Waals surface area contributed by atoms with Gasteiger partial charge in [-0.05, 0) is 38.1 Å². The fourth-order valence-corrected chi connectivity index (χ4v) is 2.54. The minimum atomic E-state index is 0.154. The summed E-state index contributed by atoms with van der Waals surface area (Å²) in [6.07, 6.45) is 1.85. The van der Waals surface area contributed by atoms with Gasteiger partial charge in [-0.25, -0.2) is 0 Å². The summed E-state index contributed by atoms with van der Waals surface area (Å²) < 4.78 is 5.61. The van der Waals surface area contributed by atoms with Crippen LogP contribution < -0.4 is 10.1 Å². The Kier molecular flexibility index (Phi) is 5.68. The minimum Gasteiger partial charge on any atom is -0.490 e. The van der Waals surface area contributed by atoms with Crippen LogP contribution >= 0.6 is 11.6 Å². The van der Waals surface area contributed by atoms with Crippen LogP contribution in [-0.4, -0.2) is 44.1 Å². The van der Waals surface area contributed by atoms with Gasteiger partial charge in [-0.1, -0.05) is 23.7 Å². The second-order valence-electron chi connectivity index (χ2n) is 5.06. The second kappa shape index (κ2) is 7.50. The van der Waals surface area contributed by atoms with Crippen molar-refractivity contribution in [3.05, 3.63) is 29.3 Å². The van der Waals surface area contributed by atoms with E-state index in [-0.39, 0.29) is 11.8 Å². The van der Waals surface area contributed by atoms with Crippen molar-refractivity contribution in [3.8, 4) is 5.75 Å². The number of benzene rings is 1. The molecule has 1 amide bonds. The fourth-order valence-electron chi connectivity index (χ4n) is 2.35. The van der Waals surface area contributed by atoms with E-state index >= 15 is 0 Å². The van der Waals surface area contributed by atoms with Crippen LogP contribution in [-0.2, 0) is 4.79 Å². The van der Waals surface area contributed by atoms with Crippen LogP contribution in [0.1, 0.15) is 12.8 Å². The van der Waals surface area contributed by atoms with Crippen molar-refractivity contribution >= 4 is 17.5 Å². The third-order valence-electron chi connectivity index (χ3n) is 3.59. The molecule has 0 unspecified atom stereocenters. The van der Waals surface area contributed by atoms with Gasteiger partial charge in [0.2, 0.25) is 5.91 Å². The van der Waals surface area contributed by atoms with Gasteiger partial charge in [0.05, 0.1) is 11.6 Å². The van der Waals surface area contributed by atoms with E-state index in [2.05, 4.69) is 5.32 Å². The van der Waals surface area contributed by atoms with Gasteiger partial charge in [-0.15, -0.1) is 0 Å². The van der Waals surface area contributed by atoms with Gasteiger partial charge in [0.25, 0.3) is 0 Å². The molecule has 0 spiro atoms. The van der Waals surface area contributed by atoms with Gasteiger partial charge in [-0.3, -0.25) is 4.79 Å². The molecule has 1 fully saturated rings. The summed E-state index contributed by atoms with van der Waals surface area (Å²) in [5.41, 5.74) is 0. The largest absolute Gasteiger partial charge is 0.490 e. The highest BCUT2D eigenvalue weighted by molar-refractivity contribution is 6.32. The monoisotopic (exact) mass is 296 g/mol. The van der Waals surface area contributed by atoms with Crippen molar-refractivity contribution in [1.29, 1.82) is 0 Å². The molecule has 0 saturated carbocycles. The van der Waals surface area contributed by atoms with E-state index in [1.165, 1.54) is 0 Å². The van der Waals surface area contributed by atoms with Crippen molar-refractivity contribution in [2.24, 2.45) is 5.92 Å². The fraction of sp³-hybridized carbons (Fsp3) is 0.533. The lowest BCUT2D eigenvalue weighted by Gasteiger charge is -2.26. The zero-order valence-corrected chi connectivity index (χ0v) is 12.5. The maximum atomic E-state index is 12.2. The number of para-hydroxylation sites is 1. The molecule has 5 heteroatoms. The average Bonchev–Trinajstić information content (AvgIpc) is 2.49. The predicted octanol–water partition coefficient (Wildman–Crippen LogP) is 2.18. The molecule has 1 aliphatic heterocycles. The lowest BCUT2D eigenvalue weighted by Crippen LogP contribution is -2.40. The van der Waals surface area contributed by atoms with Crippen LogP contribution in [0.2, 0.25) is 5.02 Å². The first kappa shape index (κ1) is 15.1. The SMILES string of the molecule is CN(CCOc1ccccc1Cl)C(=O)C1CCNCC1. The van der Waals surface area contributed by atoms with Crippen molar-refractivity contribution in [2.75, 3.05) is 33.3 Å². The van der Waals surface area contributed by atoms with Gasteiger partial charge in [0.15, 0.2) is 0 Å². The number of hydrogen-bond donors (Lipinski definition) is 1. The Morgan fingerprint density at radius 1 is 1.40 bits per heavy atom. The molecule has 0 aliphatic carbocycles. The smallest absolute Gasteiger partial charge is 0.225 e. The standard InChI is InChI=1S/C15H21ClN2O2/c1-18(15(19)12-6-8-17-9-7-12)10-11-20-14-5-3-2-4-13(14)16/h2-5,12,17H,6-11H2,1H3. The third-order valence-corrected chi connectivity index (χ3v) is 3.90. The first-order valence-corrected chi connectivity index (χ1v) is 7.39. The molecular formula is C15H21ClN2O2. The number of carbonyl (C=O) groups excluding carboxylic acids is 1. The number of hydrogen-bond acceptors (Lipinski definition) is 3. The van der Waals surface area contributed by atoms with E-state index in [0.717, 1.165) is 25.9 Å². The molecule has 1 aliphatic rings. The van der Waals surface area contributed by atoms with E-state index in [9.17, 15) is 4.79 Å². The summed E-state index contributed by atoms with van der Waals surface area (Å²) in [5.74, 6) is 1.03.